The van der Waals surface area contributed by atoms with Crippen molar-refractivity contribution in [2.45, 2.75) is 19.6 Å². The lowest BCUT2D eigenvalue weighted by Gasteiger charge is -2.35. The zero-order chi connectivity index (χ0) is 17.4. The molecule has 1 atom stereocenters. The summed E-state index contributed by atoms with van der Waals surface area (Å²) in [6.45, 7) is 3.56. The number of ether oxygens (including phenoxy) is 1. The number of morpholine rings is 1. The molecule has 2 N–H and O–H groups in total. The zero-order valence-electron chi connectivity index (χ0n) is 14.0. The van der Waals surface area contributed by atoms with E-state index in [1.165, 1.54) is 0 Å². The van der Waals surface area contributed by atoms with Crippen LogP contribution in [0.4, 0.5) is 15.9 Å². The van der Waals surface area contributed by atoms with Crippen molar-refractivity contribution in [3.8, 4) is 5.82 Å². The normalized spacial score (nSPS) is 18.0. The van der Waals surface area contributed by atoms with Crippen molar-refractivity contribution < 1.29 is 9.13 Å². The van der Waals surface area contributed by atoms with Gasteiger partial charge in [-0.25, -0.2) is 14.4 Å². The molecule has 0 radical (unpaired) electrons. The number of benzene rings is 1. The minimum absolute atomic E-state index is 0.239. The smallest absolute Gasteiger partial charge is 0.148 e. The van der Waals surface area contributed by atoms with Crippen molar-refractivity contribution in [2.75, 3.05) is 30.4 Å². The number of hydrogen-bond acceptors (Lipinski definition) is 5. The number of rotatable bonds is 3. The molecule has 6 nitrogen and oxygen atoms in total. The van der Waals surface area contributed by atoms with Gasteiger partial charge in [0, 0.05) is 30.4 Å². The Morgan fingerprint density at radius 1 is 1.28 bits per heavy atom. The van der Waals surface area contributed by atoms with E-state index in [-0.39, 0.29) is 6.04 Å². The van der Waals surface area contributed by atoms with Crippen molar-refractivity contribution in [1.82, 2.24) is 14.5 Å². The van der Waals surface area contributed by atoms with Gasteiger partial charge in [-0.15, -0.1) is 0 Å². The third-order valence-electron chi connectivity index (χ3n) is 4.49. The lowest BCUT2D eigenvalue weighted by molar-refractivity contribution is 0.0989. The first-order chi connectivity index (χ1) is 12.2. The van der Waals surface area contributed by atoms with Crippen LogP contribution in [0.1, 0.15) is 12.7 Å². The topological polar surface area (TPSA) is 69.2 Å². The number of anilines is 2. The highest BCUT2D eigenvalue weighted by molar-refractivity contribution is 5.78. The summed E-state index contributed by atoms with van der Waals surface area (Å²) in [5.74, 6) is 1.30. The van der Waals surface area contributed by atoms with Gasteiger partial charge in [-0.05, 0) is 19.1 Å². The first-order valence-electron chi connectivity index (χ1n) is 8.32. The Bertz CT molecular complexity index is 910. The van der Waals surface area contributed by atoms with E-state index in [2.05, 4.69) is 21.8 Å². The molecule has 0 saturated carbocycles. The van der Waals surface area contributed by atoms with E-state index in [9.17, 15) is 4.39 Å². The summed E-state index contributed by atoms with van der Waals surface area (Å²) < 4.78 is 20.8. The molecular weight excluding hydrogens is 321 g/mol. The molecular formula is C18H20FN5O. The number of hydrogen-bond donors (Lipinski definition) is 1. The Morgan fingerprint density at radius 2 is 2.12 bits per heavy atom. The summed E-state index contributed by atoms with van der Waals surface area (Å²) in [6.07, 6.45) is 0. The fourth-order valence-electron chi connectivity index (χ4n) is 3.33. The maximum absolute atomic E-state index is 13.6. The molecule has 0 aliphatic carbocycles. The first kappa shape index (κ1) is 15.8. The van der Waals surface area contributed by atoms with Gasteiger partial charge in [0.25, 0.3) is 0 Å². The Morgan fingerprint density at radius 3 is 2.92 bits per heavy atom. The molecule has 0 spiro atoms. The Labute approximate surface area is 145 Å². The molecule has 1 saturated heterocycles. The predicted octanol–water partition coefficient (Wildman–Crippen LogP) is 2.70. The molecule has 130 valence electrons. The highest BCUT2D eigenvalue weighted by atomic mass is 19.1. The van der Waals surface area contributed by atoms with Crippen molar-refractivity contribution in [3.63, 3.8) is 0 Å². The van der Waals surface area contributed by atoms with Crippen LogP contribution in [-0.2, 0) is 11.4 Å². The van der Waals surface area contributed by atoms with E-state index in [1.54, 1.807) is 4.57 Å². The Balaban J connectivity index is 1.86. The van der Waals surface area contributed by atoms with E-state index < -0.39 is 6.67 Å². The number of alkyl halides is 1. The van der Waals surface area contributed by atoms with Gasteiger partial charge in [0.1, 0.15) is 24.1 Å². The van der Waals surface area contributed by atoms with Crippen molar-refractivity contribution in [1.29, 1.82) is 0 Å². The van der Waals surface area contributed by atoms with Gasteiger partial charge in [-0.1, -0.05) is 12.1 Å². The maximum Gasteiger partial charge on any atom is 0.148 e. The van der Waals surface area contributed by atoms with Crippen LogP contribution in [0, 0.1) is 0 Å². The largest absolute Gasteiger partial charge is 0.384 e. The van der Waals surface area contributed by atoms with E-state index in [1.807, 2.05) is 36.4 Å². The number of fused-ring (bicyclic) bond motifs is 1. The van der Waals surface area contributed by atoms with Crippen LogP contribution >= 0.6 is 0 Å². The number of halogens is 1. The minimum atomic E-state index is -0.672. The molecule has 1 aromatic carbocycles. The van der Waals surface area contributed by atoms with Crippen molar-refractivity contribution in [3.05, 3.63) is 42.2 Å². The van der Waals surface area contributed by atoms with E-state index in [4.69, 9.17) is 10.5 Å². The second kappa shape index (κ2) is 6.33. The number of nitrogen functional groups attached to an aromatic ring is 1. The number of aromatic nitrogens is 3. The third-order valence-corrected chi connectivity index (χ3v) is 4.49. The Hall–Kier alpha value is -2.67. The zero-order valence-corrected chi connectivity index (χ0v) is 14.0. The molecule has 3 heterocycles. The molecule has 1 unspecified atom stereocenters. The van der Waals surface area contributed by atoms with E-state index in [0.717, 1.165) is 23.3 Å². The van der Waals surface area contributed by atoms with Crippen LogP contribution in [0.25, 0.3) is 16.9 Å². The molecule has 4 rings (SSSR count). The molecule has 1 fully saturated rings. The average Bonchev–Trinajstić information content (AvgIpc) is 3.00. The lowest BCUT2D eigenvalue weighted by atomic mass is 10.2. The van der Waals surface area contributed by atoms with Gasteiger partial charge in [-0.2, -0.15) is 0 Å². The lowest BCUT2D eigenvalue weighted by Crippen LogP contribution is -2.43. The molecule has 1 aliphatic rings. The average molecular weight is 341 g/mol. The summed E-state index contributed by atoms with van der Waals surface area (Å²) in [6, 6.07) is 11.6. The second-order valence-corrected chi connectivity index (χ2v) is 6.21. The monoisotopic (exact) mass is 341 g/mol. The maximum atomic E-state index is 13.6. The number of nitrogens with zero attached hydrogens (tertiary/aromatic N) is 4. The van der Waals surface area contributed by atoms with E-state index in [0.29, 0.717) is 30.7 Å². The fraction of sp³-hybridized carbons (Fsp3) is 0.333. The van der Waals surface area contributed by atoms with Crippen LogP contribution in [0.15, 0.2) is 36.4 Å². The predicted molar refractivity (Wildman–Crippen MR) is 95.7 cm³/mol. The number of nitrogens with two attached hydrogens (primary N) is 1. The van der Waals surface area contributed by atoms with Gasteiger partial charge >= 0.3 is 0 Å². The van der Waals surface area contributed by atoms with Crippen molar-refractivity contribution >= 4 is 22.5 Å². The van der Waals surface area contributed by atoms with Crippen LogP contribution in [0.5, 0.6) is 0 Å². The van der Waals surface area contributed by atoms with Gasteiger partial charge in [-0.3, -0.25) is 4.57 Å². The van der Waals surface area contributed by atoms with Gasteiger partial charge in [0.15, 0.2) is 0 Å². The highest BCUT2D eigenvalue weighted by Crippen LogP contribution is 2.27. The quantitative estimate of drug-likeness (QED) is 0.793. The minimum Gasteiger partial charge on any atom is -0.384 e. The van der Waals surface area contributed by atoms with E-state index >= 15 is 0 Å². The van der Waals surface area contributed by atoms with Crippen LogP contribution in [0.2, 0.25) is 0 Å². The third kappa shape index (κ3) is 2.80. The summed E-state index contributed by atoms with van der Waals surface area (Å²) in [4.78, 5) is 11.0. The molecule has 3 aromatic rings. The standard InChI is InChI=1S/C18H20FN5O/c1-12-11-25-7-6-23(12)13-8-16(20)22-17(9-13)24-15-5-3-2-4-14(15)21-18(24)10-19/h2-5,8-9,12H,6-7,10-11H2,1H3,(H2,20,22). The van der Waals surface area contributed by atoms with Crippen molar-refractivity contribution in [2.24, 2.45) is 0 Å². The molecule has 7 heteroatoms. The summed E-state index contributed by atoms with van der Waals surface area (Å²) in [7, 11) is 0. The van der Waals surface area contributed by atoms with Gasteiger partial charge in [0.05, 0.1) is 24.2 Å². The summed E-state index contributed by atoms with van der Waals surface area (Å²) in [5.41, 5.74) is 8.57. The molecule has 25 heavy (non-hydrogen) atoms. The Kier molecular flexibility index (Phi) is 4.01. The van der Waals surface area contributed by atoms with Crippen LogP contribution in [0.3, 0.4) is 0 Å². The molecule has 1 aliphatic heterocycles. The number of para-hydroxylation sites is 2. The summed E-state index contributed by atoms with van der Waals surface area (Å²) >= 11 is 0. The second-order valence-electron chi connectivity index (χ2n) is 6.21. The van der Waals surface area contributed by atoms with Crippen LogP contribution < -0.4 is 10.6 Å². The number of imidazole rings is 1. The van der Waals surface area contributed by atoms with Gasteiger partial charge in [0.2, 0.25) is 0 Å². The van der Waals surface area contributed by atoms with Crippen LogP contribution in [-0.4, -0.2) is 40.3 Å². The molecule has 0 amide bonds. The van der Waals surface area contributed by atoms with Gasteiger partial charge < -0.3 is 15.4 Å². The molecule has 2 aromatic heterocycles. The molecule has 0 bridgehead atoms. The summed E-state index contributed by atoms with van der Waals surface area (Å²) in [5, 5.41) is 0. The fourth-order valence-corrected chi connectivity index (χ4v) is 3.33. The SMILES string of the molecule is CC1COCCN1c1cc(N)nc(-n2c(CF)nc3ccccc32)c1. The number of pyridine rings is 1. The first-order valence-corrected chi connectivity index (χ1v) is 8.32. The highest BCUT2D eigenvalue weighted by Gasteiger charge is 2.21.